The summed E-state index contributed by atoms with van der Waals surface area (Å²) in [7, 11) is 0. The maximum Gasteiger partial charge on any atom is 0.250 e. The summed E-state index contributed by atoms with van der Waals surface area (Å²) in [6, 6.07) is 3.29. The fraction of sp³-hybridized carbons (Fsp3) is 0.647. The van der Waals surface area contributed by atoms with Crippen molar-refractivity contribution in [2.24, 2.45) is 5.92 Å². The molecule has 20 heavy (non-hydrogen) atoms. The van der Waals surface area contributed by atoms with E-state index in [-0.39, 0.29) is 11.3 Å². The summed E-state index contributed by atoms with van der Waals surface area (Å²) in [5.41, 5.74) is 1.80. The van der Waals surface area contributed by atoms with Crippen molar-refractivity contribution in [3.8, 4) is 0 Å². The van der Waals surface area contributed by atoms with E-state index in [2.05, 4.69) is 13.8 Å². The molecule has 1 aliphatic rings. The average molecular weight is 275 g/mol. The first-order chi connectivity index (χ1) is 9.67. The summed E-state index contributed by atoms with van der Waals surface area (Å²) < 4.78 is 1.87. The van der Waals surface area contributed by atoms with Gasteiger partial charge in [-0.1, -0.05) is 33.1 Å². The van der Waals surface area contributed by atoms with Crippen molar-refractivity contribution in [3.63, 3.8) is 0 Å². The fourth-order valence-electron chi connectivity index (χ4n) is 3.07. The fourth-order valence-corrected chi connectivity index (χ4v) is 3.07. The van der Waals surface area contributed by atoms with Crippen LogP contribution in [0.15, 0.2) is 16.9 Å². The van der Waals surface area contributed by atoms with Gasteiger partial charge in [0.15, 0.2) is 5.78 Å². The molecule has 1 atom stereocenters. The standard InChI is InChI=1S/C17H25NO2/c1-3-5-7-13(4-2)12-18-15-8-6-9-16(19)14(15)10-11-17(18)20/h10-11,13H,3-9,12H2,1-2H3. The molecule has 1 unspecified atom stereocenters. The topological polar surface area (TPSA) is 39.1 Å². The lowest BCUT2D eigenvalue weighted by atomic mass is 9.93. The summed E-state index contributed by atoms with van der Waals surface area (Å²) in [6.07, 6.45) is 7.01. The van der Waals surface area contributed by atoms with Crippen molar-refractivity contribution in [2.45, 2.75) is 65.3 Å². The number of carbonyl (C=O) groups excluding carboxylic acids is 1. The minimum Gasteiger partial charge on any atom is -0.312 e. The molecule has 1 aliphatic carbocycles. The Morgan fingerprint density at radius 1 is 1.20 bits per heavy atom. The molecule has 3 nitrogen and oxygen atoms in total. The highest BCUT2D eigenvalue weighted by Crippen LogP contribution is 2.22. The number of hydrogen-bond donors (Lipinski definition) is 0. The van der Waals surface area contributed by atoms with Gasteiger partial charge in [0, 0.05) is 30.3 Å². The van der Waals surface area contributed by atoms with Gasteiger partial charge in [0.1, 0.15) is 0 Å². The van der Waals surface area contributed by atoms with Crippen LogP contribution >= 0.6 is 0 Å². The van der Waals surface area contributed by atoms with Gasteiger partial charge in [-0.05, 0) is 31.2 Å². The SMILES string of the molecule is CCCCC(CC)Cn1c2c(ccc1=O)C(=O)CCC2. The molecule has 0 amide bonds. The third-order valence-corrected chi connectivity index (χ3v) is 4.40. The van der Waals surface area contributed by atoms with Crippen LogP contribution in [0, 0.1) is 5.92 Å². The van der Waals surface area contributed by atoms with E-state index in [9.17, 15) is 9.59 Å². The Hall–Kier alpha value is -1.38. The molecule has 0 aromatic carbocycles. The maximum atomic E-state index is 12.2. The summed E-state index contributed by atoms with van der Waals surface area (Å²) in [5.74, 6) is 0.734. The zero-order chi connectivity index (χ0) is 14.5. The van der Waals surface area contributed by atoms with Crippen molar-refractivity contribution >= 4 is 5.78 Å². The summed E-state index contributed by atoms with van der Waals surface area (Å²) >= 11 is 0. The van der Waals surface area contributed by atoms with Crippen LogP contribution < -0.4 is 5.56 Å². The second-order valence-corrected chi connectivity index (χ2v) is 5.84. The highest BCUT2D eigenvalue weighted by molar-refractivity contribution is 5.97. The van der Waals surface area contributed by atoms with Crippen molar-refractivity contribution in [1.29, 1.82) is 0 Å². The number of fused-ring (bicyclic) bond motifs is 1. The van der Waals surface area contributed by atoms with E-state index < -0.39 is 0 Å². The monoisotopic (exact) mass is 275 g/mol. The summed E-state index contributed by atoms with van der Waals surface area (Å²) in [5, 5.41) is 0. The predicted molar refractivity (Wildman–Crippen MR) is 81.3 cm³/mol. The number of pyridine rings is 1. The third kappa shape index (κ3) is 3.20. The molecule has 0 spiro atoms. The first-order valence-electron chi connectivity index (χ1n) is 7.93. The summed E-state index contributed by atoms with van der Waals surface area (Å²) in [6.45, 7) is 5.15. The molecule has 0 bridgehead atoms. The second kappa shape index (κ2) is 6.87. The molecule has 0 saturated carbocycles. The van der Waals surface area contributed by atoms with Gasteiger partial charge in [-0.15, -0.1) is 0 Å². The van der Waals surface area contributed by atoms with Crippen LogP contribution in [0.2, 0.25) is 0 Å². The van der Waals surface area contributed by atoms with Gasteiger partial charge in [0.05, 0.1) is 0 Å². The zero-order valence-electron chi connectivity index (χ0n) is 12.7. The van der Waals surface area contributed by atoms with Crippen LogP contribution in [0.25, 0.3) is 0 Å². The minimum atomic E-state index is 0.0494. The zero-order valence-corrected chi connectivity index (χ0v) is 12.7. The molecule has 0 saturated heterocycles. The lowest BCUT2D eigenvalue weighted by Gasteiger charge is -2.23. The summed E-state index contributed by atoms with van der Waals surface area (Å²) in [4.78, 5) is 24.1. The van der Waals surface area contributed by atoms with Crippen molar-refractivity contribution in [2.75, 3.05) is 0 Å². The number of nitrogens with zero attached hydrogens (tertiary/aromatic N) is 1. The molecule has 110 valence electrons. The molecule has 0 fully saturated rings. The minimum absolute atomic E-state index is 0.0494. The van der Waals surface area contributed by atoms with E-state index in [0.717, 1.165) is 43.5 Å². The van der Waals surface area contributed by atoms with Gasteiger partial charge in [-0.25, -0.2) is 0 Å². The van der Waals surface area contributed by atoms with Gasteiger partial charge in [0.25, 0.3) is 5.56 Å². The number of Topliss-reactive ketones (excluding diaryl/α,β-unsaturated/α-hetero) is 1. The molecule has 1 aromatic heterocycles. The largest absolute Gasteiger partial charge is 0.312 e. The average Bonchev–Trinajstić information content (AvgIpc) is 2.46. The maximum absolute atomic E-state index is 12.2. The highest BCUT2D eigenvalue weighted by Gasteiger charge is 2.21. The Labute approximate surface area is 121 Å². The Bertz CT molecular complexity index is 530. The van der Waals surface area contributed by atoms with E-state index >= 15 is 0 Å². The van der Waals surface area contributed by atoms with Crippen LogP contribution in [-0.2, 0) is 13.0 Å². The number of aromatic nitrogens is 1. The van der Waals surface area contributed by atoms with Crippen molar-refractivity contribution in [3.05, 3.63) is 33.7 Å². The number of ketones is 1. The molecule has 0 N–H and O–H groups in total. The lowest BCUT2D eigenvalue weighted by Crippen LogP contribution is -2.30. The van der Waals surface area contributed by atoms with Crippen LogP contribution in [0.3, 0.4) is 0 Å². The second-order valence-electron chi connectivity index (χ2n) is 5.84. The Balaban J connectivity index is 2.28. The van der Waals surface area contributed by atoms with Crippen LogP contribution in [0.5, 0.6) is 0 Å². The molecular formula is C17H25NO2. The van der Waals surface area contributed by atoms with Gasteiger partial charge in [-0.2, -0.15) is 0 Å². The van der Waals surface area contributed by atoms with E-state index in [0.29, 0.717) is 12.3 Å². The molecular weight excluding hydrogens is 250 g/mol. The van der Waals surface area contributed by atoms with E-state index in [1.165, 1.54) is 12.8 Å². The van der Waals surface area contributed by atoms with E-state index in [1.807, 2.05) is 4.57 Å². The molecule has 1 heterocycles. The van der Waals surface area contributed by atoms with Crippen LogP contribution in [-0.4, -0.2) is 10.4 Å². The third-order valence-electron chi connectivity index (χ3n) is 4.40. The highest BCUT2D eigenvalue weighted by atomic mass is 16.1. The number of hydrogen-bond acceptors (Lipinski definition) is 2. The first kappa shape index (κ1) is 15.0. The van der Waals surface area contributed by atoms with E-state index in [1.54, 1.807) is 12.1 Å². The van der Waals surface area contributed by atoms with Gasteiger partial charge in [0.2, 0.25) is 0 Å². The van der Waals surface area contributed by atoms with Gasteiger partial charge in [-0.3, -0.25) is 9.59 Å². The quantitative estimate of drug-likeness (QED) is 0.796. The Morgan fingerprint density at radius 2 is 2.00 bits per heavy atom. The molecule has 3 heteroatoms. The lowest BCUT2D eigenvalue weighted by molar-refractivity contribution is 0.0970. The molecule has 0 aliphatic heterocycles. The van der Waals surface area contributed by atoms with Crippen molar-refractivity contribution in [1.82, 2.24) is 4.57 Å². The number of carbonyl (C=O) groups is 1. The molecule has 2 rings (SSSR count). The molecule has 1 aromatic rings. The normalized spacial score (nSPS) is 16.0. The Morgan fingerprint density at radius 3 is 2.70 bits per heavy atom. The smallest absolute Gasteiger partial charge is 0.250 e. The van der Waals surface area contributed by atoms with Gasteiger partial charge < -0.3 is 4.57 Å². The van der Waals surface area contributed by atoms with Crippen LogP contribution in [0.1, 0.15) is 68.4 Å². The first-order valence-corrected chi connectivity index (χ1v) is 7.93. The van der Waals surface area contributed by atoms with Gasteiger partial charge >= 0.3 is 0 Å². The predicted octanol–water partition coefficient (Wildman–Crippen LogP) is 3.58. The number of unbranched alkanes of at least 4 members (excludes halogenated alkanes) is 1. The van der Waals surface area contributed by atoms with Crippen LogP contribution in [0.4, 0.5) is 0 Å². The number of rotatable bonds is 6. The van der Waals surface area contributed by atoms with E-state index in [4.69, 9.17) is 0 Å². The Kier molecular flexibility index (Phi) is 5.16. The molecule has 0 radical (unpaired) electrons. The van der Waals surface area contributed by atoms with Crippen molar-refractivity contribution < 1.29 is 4.79 Å².